The molecule has 184 valence electrons. The van der Waals surface area contributed by atoms with Crippen LogP contribution in [-0.2, 0) is 20.8 Å². The van der Waals surface area contributed by atoms with Crippen molar-refractivity contribution in [3.05, 3.63) is 33.9 Å². The second-order valence-electron chi connectivity index (χ2n) is 10.3. The molecule has 0 heterocycles. The van der Waals surface area contributed by atoms with Crippen molar-refractivity contribution in [1.29, 1.82) is 0 Å². The van der Waals surface area contributed by atoms with Gasteiger partial charge >= 0.3 is 0 Å². The lowest BCUT2D eigenvalue weighted by molar-refractivity contribution is -0.130. The van der Waals surface area contributed by atoms with Crippen molar-refractivity contribution in [2.45, 2.75) is 99.3 Å². The Bertz CT molecular complexity index is 1020. The van der Waals surface area contributed by atoms with Crippen LogP contribution in [0.2, 0.25) is 0 Å². The lowest BCUT2D eigenvalue weighted by atomic mass is 9.70. The predicted molar refractivity (Wildman–Crippen MR) is 136 cm³/mol. The number of hydrogen-bond donors (Lipinski definition) is 0. The summed E-state index contributed by atoms with van der Waals surface area (Å²) in [6, 6.07) is 2.05. The standard InChI is InChI=1S/C30H40O4/c1-8-10-24(25(9-2)28(33)13-20(6)32)14-22-15-27-26(18(3)4)17-23(12-11-19(5)31)21(7)30(27)29(34)16-22/h17-18,22,24-25H,8-10,13-16H2,1-7H3. The maximum Gasteiger partial charge on any atom is 0.202 e. The van der Waals surface area contributed by atoms with Crippen LogP contribution in [0.3, 0.4) is 0 Å². The van der Waals surface area contributed by atoms with E-state index in [0.717, 1.165) is 59.9 Å². The minimum absolute atomic E-state index is 0.00587. The summed E-state index contributed by atoms with van der Waals surface area (Å²) < 4.78 is 0. The van der Waals surface area contributed by atoms with Crippen LogP contribution in [0.1, 0.15) is 119 Å². The van der Waals surface area contributed by atoms with E-state index in [1.165, 1.54) is 13.8 Å². The molecule has 4 nitrogen and oxygen atoms in total. The highest BCUT2D eigenvalue weighted by atomic mass is 16.1. The molecule has 0 amide bonds. The van der Waals surface area contributed by atoms with Crippen molar-refractivity contribution in [3.63, 3.8) is 0 Å². The summed E-state index contributed by atoms with van der Waals surface area (Å²) in [7, 11) is 0. The van der Waals surface area contributed by atoms with Crippen LogP contribution in [0.5, 0.6) is 0 Å². The van der Waals surface area contributed by atoms with Crippen LogP contribution in [0, 0.1) is 36.5 Å². The first-order valence-corrected chi connectivity index (χ1v) is 12.7. The maximum atomic E-state index is 13.4. The van der Waals surface area contributed by atoms with Gasteiger partial charge < -0.3 is 0 Å². The molecule has 3 unspecified atom stereocenters. The molecule has 1 aromatic rings. The fourth-order valence-corrected chi connectivity index (χ4v) is 5.63. The molecule has 0 saturated carbocycles. The molecule has 2 rings (SSSR count). The Labute approximate surface area is 205 Å². The van der Waals surface area contributed by atoms with Crippen molar-refractivity contribution in [2.75, 3.05) is 0 Å². The molecule has 0 spiro atoms. The topological polar surface area (TPSA) is 68.3 Å². The van der Waals surface area contributed by atoms with Gasteiger partial charge in [0, 0.05) is 30.4 Å². The minimum Gasteiger partial charge on any atom is -0.300 e. The third-order valence-electron chi connectivity index (χ3n) is 7.11. The molecule has 0 radical (unpaired) electrons. The quantitative estimate of drug-likeness (QED) is 0.306. The van der Waals surface area contributed by atoms with Crippen molar-refractivity contribution in [3.8, 4) is 11.8 Å². The van der Waals surface area contributed by atoms with Crippen molar-refractivity contribution in [1.82, 2.24) is 0 Å². The number of fused-ring (bicyclic) bond motifs is 1. The third kappa shape index (κ3) is 6.75. The second kappa shape index (κ2) is 12.2. The van der Waals surface area contributed by atoms with Gasteiger partial charge in [-0.25, -0.2) is 0 Å². The van der Waals surface area contributed by atoms with Crippen LogP contribution in [0.25, 0.3) is 0 Å². The van der Waals surface area contributed by atoms with Gasteiger partial charge in [-0.05, 0) is 79.5 Å². The monoisotopic (exact) mass is 464 g/mol. The van der Waals surface area contributed by atoms with Gasteiger partial charge in [0.05, 0.1) is 6.42 Å². The van der Waals surface area contributed by atoms with E-state index in [4.69, 9.17) is 0 Å². The third-order valence-corrected chi connectivity index (χ3v) is 7.11. The van der Waals surface area contributed by atoms with E-state index < -0.39 is 0 Å². The van der Waals surface area contributed by atoms with Gasteiger partial charge in [-0.1, -0.05) is 46.5 Å². The molecule has 3 atom stereocenters. The molecule has 0 aliphatic heterocycles. The zero-order valence-electron chi connectivity index (χ0n) is 22.0. The zero-order chi connectivity index (χ0) is 25.6. The highest BCUT2D eigenvalue weighted by molar-refractivity contribution is 6.01. The van der Waals surface area contributed by atoms with Gasteiger partial charge in [0.2, 0.25) is 5.78 Å². The molecule has 1 aromatic carbocycles. The molecule has 0 N–H and O–H groups in total. The SMILES string of the molecule is CCCC(CC1CC(=O)c2c(C)c(C#CC(C)=O)cc(C(C)C)c2C1)C(CC)C(=O)CC(C)=O. The molecule has 0 fully saturated rings. The van der Waals surface area contributed by atoms with E-state index in [1.807, 2.05) is 13.8 Å². The molecule has 4 heteroatoms. The largest absolute Gasteiger partial charge is 0.300 e. The van der Waals surface area contributed by atoms with Crippen molar-refractivity contribution in [2.24, 2.45) is 17.8 Å². The Morgan fingerprint density at radius 3 is 2.32 bits per heavy atom. The highest BCUT2D eigenvalue weighted by Gasteiger charge is 2.34. The van der Waals surface area contributed by atoms with Crippen LogP contribution in [0.4, 0.5) is 0 Å². The molecule has 1 aliphatic rings. The Morgan fingerprint density at radius 1 is 1.12 bits per heavy atom. The van der Waals surface area contributed by atoms with Crippen molar-refractivity contribution < 1.29 is 19.2 Å². The average Bonchev–Trinajstić information content (AvgIpc) is 2.72. The molecular weight excluding hydrogens is 424 g/mol. The molecule has 34 heavy (non-hydrogen) atoms. The van der Waals surface area contributed by atoms with E-state index in [0.29, 0.717) is 6.42 Å². The van der Waals surface area contributed by atoms with Gasteiger partial charge in [0.15, 0.2) is 5.78 Å². The molecule has 0 aromatic heterocycles. The lowest BCUT2D eigenvalue weighted by Gasteiger charge is -2.33. The van der Waals surface area contributed by atoms with Gasteiger partial charge in [-0.3, -0.25) is 19.2 Å². The van der Waals surface area contributed by atoms with Crippen LogP contribution >= 0.6 is 0 Å². The van der Waals surface area contributed by atoms with Crippen LogP contribution < -0.4 is 0 Å². The predicted octanol–water partition coefficient (Wildman–Crippen LogP) is 6.18. The number of rotatable bonds is 10. The zero-order valence-corrected chi connectivity index (χ0v) is 22.0. The van der Waals surface area contributed by atoms with Crippen LogP contribution in [-0.4, -0.2) is 23.1 Å². The maximum absolute atomic E-state index is 13.4. The van der Waals surface area contributed by atoms with Crippen LogP contribution in [0.15, 0.2) is 6.07 Å². The summed E-state index contributed by atoms with van der Waals surface area (Å²) in [4.78, 5) is 49.2. The van der Waals surface area contributed by atoms with E-state index in [2.05, 4.69) is 38.7 Å². The van der Waals surface area contributed by atoms with E-state index in [9.17, 15) is 19.2 Å². The number of ketones is 4. The van der Waals surface area contributed by atoms with Gasteiger partial charge in [0.25, 0.3) is 0 Å². The van der Waals surface area contributed by atoms with E-state index in [-0.39, 0.29) is 53.2 Å². The summed E-state index contributed by atoms with van der Waals surface area (Å²) in [6.07, 6.45) is 4.73. The first-order chi connectivity index (χ1) is 16.0. The second-order valence-corrected chi connectivity index (χ2v) is 10.3. The number of carbonyl (C=O) groups excluding carboxylic acids is 4. The Kier molecular flexibility index (Phi) is 9.98. The Balaban J connectivity index is 2.43. The number of Topliss-reactive ketones (excluding diaryl/α,β-unsaturated/α-hetero) is 4. The first kappa shape index (κ1) is 27.7. The summed E-state index contributed by atoms with van der Waals surface area (Å²) in [5, 5.41) is 0. The molecule has 0 saturated heterocycles. The Morgan fingerprint density at radius 2 is 1.79 bits per heavy atom. The highest BCUT2D eigenvalue weighted by Crippen LogP contribution is 2.39. The Hall–Kier alpha value is -2.54. The van der Waals surface area contributed by atoms with Gasteiger partial charge in [-0.15, -0.1) is 0 Å². The van der Waals surface area contributed by atoms with E-state index in [1.54, 1.807) is 0 Å². The van der Waals surface area contributed by atoms with Crippen molar-refractivity contribution >= 4 is 23.1 Å². The summed E-state index contributed by atoms with van der Waals surface area (Å²) in [5.74, 6) is 5.97. The number of hydrogen-bond acceptors (Lipinski definition) is 4. The number of carbonyl (C=O) groups is 4. The summed E-state index contributed by atoms with van der Waals surface area (Å²) >= 11 is 0. The average molecular weight is 465 g/mol. The number of benzene rings is 1. The summed E-state index contributed by atoms with van der Waals surface area (Å²) in [5.41, 5.74) is 4.64. The van der Waals surface area contributed by atoms with Gasteiger partial charge in [0.1, 0.15) is 11.6 Å². The fourth-order valence-electron chi connectivity index (χ4n) is 5.63. The molecule has 0 bridgehead atoms. The first-order valence-electron chi connectivity index (χ1n) is 12.7. The molecule has 1 aliphatic carbocycles. The van der Waals surface area contributed by atoms with E-state index >= 15 is 0 Å². The normalized spacial score (nSPS) is 16.9. The van der Waals surface area contributed by atoms with Gasteiger partial charge in [-0.2, -0.15) is 0 Å². The summed E-state index contributed by atoms with van der Waals surface area (Å²) in [6.45, 7) is 13.2. The fraction of sp³-hybridized carbons (Fsp3) is 0.600. The molecular formula is C30H40O4. The minimum atomic E-state index is -0.193. The lowest BCUT2D eigenvalue weighted by Crippen LogP contribution is -2.30. The smallest absolute Gasteiger partial charge is 0.202 e.